The van der Waals surface area contributed by atoms with Gasteiger partial charge in [0.15, 0.2) is 0 Å². The van der Waals surface area contributed by atoms with Crippen LogP contribution in [-0.2, 0) is 0 Å². The number of pyridine rings is 1. The van der Waals surface area contributed by atoms with Crippen LogP contribution in [0.2, 0.25) is 0 Å². The minimum Gasteiger partial charge on any atom is -0.357 e. The van der Waals surface area contributed by atoms with Crippen LogP contribution in [0, 0.1) is 12.8 Å². The van der Waals surface area contributed by atoms with Crippen molar-refractivity contribution in [2.45, 2.75) is 33.1 Å². The van der Waals surface area contributed by atoms with Crippen molar-refractivity contribution in [2.24, 2.45) is 11.7 Å². The lowest BCUT2D eigenvalue weighted by Gasteiger charge is -2.35. The summed E-state index contributed by atoms with van der Waals surface area (Å²) < 4.78 is 0. The lowest BCUT2D eigenvalue weighted by molar-refractivity contribution is 0.216. The highest BCUT2D eigenvalue weighted by Gasteiger charge is 2.21. The summed E-state index contributed by atoms with van der Waals surface area (Å²) in [5, 5.41) is 0. The van der Waals surface area contributed by atoms with Gasteiger partial charge in [0.05, 0.1) is 0 Å². The SMILES string of the molecule is CCCN(CCN)CC1CCN(c2ccc(C)cn2)CC1. The van der Waals surface area contributed by atoms with E-state index in [2.05, 4.69) is 40.8 Å². The van der Waals surface area contributed by atoms with Gasteiger partial charge in [0, 0.05) is 38.9 Å². The average Bonchev–Trinajstić information content (AvgIpc) is 2.49. The van der Waals surface area contributed by atoms with Crippen molar-refractivity contribution in [3.05, 3.63) is 23.9 Å². The van der Waals surface area contributed by atoms with Crippen LogP contribution in [0.5, 0.6) is 0 Å². The van der Waals surface area contributed by atoms with E-state index in [1.807, 2.05) is 6.20 Å². The maximum absolute atomic E-state index is 5.72. The van der Waals surface area contributed by atoms with Crippen LogP contribution in [-0.4, -0.2) is 49.2 Å². The molecule has 1 saturated heterocycles. The highest BCUT2D eigenvalue weighted by atomic mass is 15.2. The number of nitrogens with two attached hydrogens (primary N) is 1. The molecule has 21 heavy (non-hydrogen) atoms. The highest BCUT2D eigenvalue weighted by Crippen LogP contribution is 2.22. The molecule has 1 aliphatic heterocycles. The van der Waals surface area contributed by atoms with Crippen molar-refractivity contribution in [2.75, 3.05) is 44.2 Å². The van der Waals surface area contributed by atoms with E-state index in [-0.39, 0.29) is 0 Å². The first-order valence-corrected chi connectivity index (χ1v) is 8.33. The fourth-order valence-electron chi connectivity index (χ4n) is 3.15. The molecule has 0 atom stereocenters. The normalized spacial score (nSPS) is 16.7. The lowest BCUT2D eigenvalue weighted by Crippen LogP contribution is -2.40. The predicted octanol–water partition coefficient (Wildman–Crippen LogP) is 2.28. The summed E-state index contributed by atoms with van der Waals surface area (Å²) in [4.78, 5) is 9.50. The summed E-state index contributed by atoms with van der Waals surface area (Å²) in [6, 6.07) is 4.30. The average molecular weight is 290 g/mol. The van der Waals surface area contributed by atoms with E-state index in [4.69, 9.17) is 5.73 Å². The molecule has 2 heterocycles. The van der Waals surface area contributed by atoms with Crippen molar-refractivity contribution >= 4 is 5.82 Å². The van der Waals surface area contributed by atoms with Gasteiger partial charge in [-0.3, -0.25) is 0 Å². The van der Waals surface area contributed by atoms with E-state index in [0.29, 0.717) is 0 Å². The summed E-state index contributed by atoms with van der Waals surface area (Å²) in [6.45, 7) is 10.8. The van der Waals surface area contributed by atoms with Gasteiger partial charge >= 0.3 is 0 Å². The van der Waals surface area contributed by atoms with Crippen molar-refractivity contribution in [3.63, 3.8) is 0 Å². The summed E-state index contributed by atoms with van der Waals surface area (Å²) in [6.07, 6.45) is 5.71. The molecule has 0 saturated carbocycles. The zero-order valence-corrected chi connectivity index (χ0v) is 13.6. The van der Waals surface area contributed by atoms with Crippen LogP contribution in [0.15, 0.2) is 18.3 Å². The Morgan fingerprint density at radius 3 is 2.62 bits per heavy atom. The molecule has 0 amide bonds. The molecule has 0 spiro atoms. The van der Waals surface area contributed by atoms with Gasteiger partial charge in [0.25, 0.3) is 0 Å². The van der Waals surface area contributed by atoms with Crippen LogP contribution in [0.1, 0.15) is 31.7 Å². The van der Waals surface area contributed by atoms with Crippen molar-refractivity contribution in [3.8, 4) is 0 Å². The molecule has 4 nitrogen and oxygen atoms in total. The van der Waals surface area contributed by atoms with Gasteiger partial charge < -0.3 is 15.5 Å². The standard InChI is InChI=1S/C17H30N4/c1-3-9-20(12-8-18)14-16-6-10-21(11-7-16)17-5-4-15(2)13-19-17/h4-5,13,16H,3,6-12,14,18H2,1-2H3. The number of piperidine rings is 1. The molecule has 0 aliphatic carbocycles. The fourth-order valence-corrected chi connectivity index (χ4v) is 3.15. The van der Waals surface area contributed by atoms with E-state index < -0.39 is 0 Å². The van der Waals surface area contributed by atoms with Gasteiger partial charge in [0.2, 0.25) is 0 Å². The first-order chi connectivity index (χ1) is 10.2. The monoisotopic (exact) mass is 290 g/mol. The van der Waals surface area contributed by atoms with Crippen molar-refractivity contribution < 1.29 is 0 Å². The third-order valence-corrected chi connectivity index (χ3v) is 4.34. The second-order valence-electron chi connectivity index (χ2n) is 6.21. The number of nitrogens with zero attached hydrogens (tertiary/aromatic N) is 3. The number of hydrogen-bond acceptors (Lipinski definition) is 4. The number of rotatable bonds is 7. The zero-order valence-electron chi connectivity index (χ0n) is 13.6. The van der Waals surface area contributed by atoms with Gasteiger partial charge in [-0.15, -0.1) is 0 Å². The first kappa shape index (κ1) is 16.2. The van der Waals surface area contributed by atoms with E-state index >= 15 is 0 Å². The van der Waals surface area contributed by atoms with Crippen LogP contribution >= 0.6 is 0 Å². The van der Waals surface area contributed by atoms with Crippen molar-refractivity contribution in [1.82, 2.24) is 9.88 Å². The summed E-state index contributed by atoms with van der Waals surface area (Å²) in [7, 11) is 0. The maximum Gasteiger partial charge on any atom is 0.128 e. The number of aryl methyl sites for hydroxylation is 1. The molecule has 2 rings (SSSR count). The van der Waals surface area contributed by atoms with Gasteiger partial charge in [-0.05, 0) is 50.3 Å². The summed E-state index contributed by atoms with van der Waals surface area (Å²) in [5.74, 6) is 1.94. The number of anilines is 1. The molecule has 1 aromatic rings. The Balaban J connectivity index is 1.80. The van der Waals surface area contributed by atoms with Crippen LogP contribution in [0.25, 0.3) is 0 Å². The Kier molecular flexibility index (Phi) is 6.46. The van der Waals surface area contributed by atoms with E-state index in [1.54, 1.807) is 0 Å². The molecule has 1 aromatic heterocycles. The summed E-state index contributed by atoms with van der Waals surface area (Å²) in [5.41, 5.74) is 6.94. The molecule has 0 radical (unpaired) electrons. The third kappa shape index (κ3) is 4.97. The van der Waals surface area contributed by atoms with Gasteiger partial charge in [-0.1, -0.05) is 13.0 Å². The third-order valence-electron chi connectivity index (χ3n) is 4.34. The molecule has 0 bridgehead atoms. The van der Waals surface area contributed by atoms with Gasteiger partial charge in [-0.25, -0.2) is 4.98 Å². The molecule has 0 unspecified atom stereocenters. The molecular weight excluding hydrogens is 260 g/mol. The fraction of sp³-hybridized carbons (Fsp3) is 0.706. The number of hydrogen-bond donors (Lipinski definition) is 1. The highest BCUT2D eigenvalue weighted by molar-refractivity contribution is 5.39. The molecule has 4 heteroatoms. The van der Waals surface area contributed by atoms with Crippen LogP contribution < -0.4 is 10.6 Å². The van der Waals surface area contributed by atoms with Gasteiger partial charge in [-0.2, -0.15) is 0 Å². The van der Waals surface area contributed by atoms with Crippen LogP contribution in [0.3, 0.4) is 0 Å². The zero-order chi connectivity index (χ0) is 15.1. The smallest absolute Gasteiger partial charge is 0.128 e. The maximum atomic E-state index is 5.72. The summed E-state index contributed by atoms with van der Waals surface area (Å²) >= 11 is 0. The van der Waals surface area contributed by atoms with E-state index in [0.717, 1.165) is 37.9 Å². The van der Waals surface area contributed by atoms with E-state index in [1.165, 1.54) is 37.9 Å². The minimum atomic E-state index is 0.770. The van der Waals surface area contributed by atoms with Gasteiger partial charge in [0.1, 0.15) is 5.82 Å². The largest absolute Gasteiger partial charge is 0.357 e. The Labute approximate surface area is 129 Å². The van der Waals surface area contributed by atoms with Crippen molar-refractivity contribution in [1.29, 1.82) is 0 Å². The Morgan fingerprint density at radius 2 is 2.05 bits per heavy atom. The quantitative estimate of drug-likeness (QED) is 0.837. The molecule has 0 aromatic carbocycles. The predicted molar refractivity (Wildman–Crippen MR) is 89.7 cm³/mol. The molecule has 1 aliphatic rings. The number of aromatic nitrogens is 1. The molecule has 1 fully saturated rings. The minimum absolute atomic E-state index is 0.770. The molecule has 118 valence electrons. The second kappa shape index (κ2) is 8.35. The topological polar surface area (TPSA) is 45.4 Å². The Bertz CT molecular complexity index is 390. The Morgan fingerprint density at radius 1 is 1.29 bits per heavy atom. The first-order valence-electron chi connectivity index (χ1n) is 8.33. The molecular formula is C17H30N4. The Hall–Kier alpha value is -1.13. The van der Waals surface area contributed by atoms with E-state index in [9.17, 15) is 0 Å². The lowest BCUT2D eigenvalue weighted by atomic mass is 9.96. The van der Waals surface area contributed by atoms with Crippen LogP contribution in [0.4, 0.5) is 5.82 Å². The molecule has 2 N–H and O–H groups in total. The second-order valence-corrected chi connectivity index (χ2v) is 6.21.